The molecule has 1 aliphatic heterocycles. The molecular formula is C12H23N3O. The summed E-state index contributed by atoms with van der Waals surface area (Å²) in [5.41, 5.74) is 6.85. The number of nitrogens with zero attached hydrogens (tertiary/aromatic N) is 1. The number of nitrogen functional groups attached to an aromatic ring is 1. The molecule has 1 aromatic rings. The Labute approximate surface area is 97.9 Å². The summed E-state index contributed by atoms with van der Waals surface area (Å²) in [7, 11) is 1.00. The third kappa shape index (κ3) is 4.59. The van der Waals surface area contributed by atoms with Crippen LogP contribution in [0.2, 0.25) is 0 Å². The van der Waals surface area contributed by atoms with Gasteiger partial charge in [0.2, 0.25) is 0 Å². The van der Waals surface area contributed by atoms with Crippen LogP contribution in [-0.4, -0.2) is 23.7 Å². The summed E-state index contributed by atoms with van der Waals surface area (Å²) in [5.74, 6) is 0.612. The Kier molecular flexibility index (Phi) is 8.48. The molecule has 1 saturated heterocycles. The standard InChI is InChI=1S/C9H13N3.C2H6.CH4O/c10-9-6-7(3-5-12-9)8-2-1-4-11-8;2*1-2/h3,5-6,8,11H,1-2,4H2,(H2,10,12);1-2H3;2H,1H3. The first-order valence-corrected chi connectivity index (χ1v) is 5.76. The lowest BCUT2D eigenvalue weighted by Crippen LogP contribution is -2.13. The fourth-order valence-electron chi connectivity index (χ4n) is 1.65. The molecule has 0 aliphatic carbocycles. The topological polar surface area (TPSA) is 71.2 Å². The highest BCUT2D eigenvalue weighted by Crippen LogP contribution is 2.22. The van der Waals surface area contributed by atoms with Crippen molar-refractivity contribution in [2.75, 3.05) is 19.4 Å². The lowest BCUT2D eigenvalue weighted by molar-refractivity contribution is 0.399. The maximum Gasteiger partial charge on any atom is 0.123 e. The van der Waals surface area contributed by atoms with Crippen LogP contribution < -0.4 is 11.1 Å². The van der Waals surface area contributed by atoms with Crippen molar-refractivity contribution >= 4 is 5.82 Å². The van der Waals surface area contributed by atoms with E-state index in [4.69, 9.17) is 10.8 Å². The second-order valence-corrected chi connectivity index (χ2v) is 3.16. The average molecular weight is 225 g/mol. The van der Waals surface area contributed by atoms with E-state index in [0.29, 0.717) is 11.9 Å². The molecule has 1 fully saturated rings. The number of nitrogens with one attached hydrogen (secondary N) is 1. The molecule has 1 atom stereocenters. The van der Waals surface area contributed by atoms with Crippen LogP contribution in [0.15, 0.2) is 18.3 Å². The predicted molar refractivity (Wildman–Crippen MR) is 68.1 cm³/mol. The fraction of sp³-hybridized carbons (Fsp3) is 0.583. The molecule has 2 heterocycles. The first kappa shape index (κ1) is 14.9. The maximum atomic E-state index is 7.00. The molecule has 1 aliphatic rings. The van der Waals surface area contributed by atoms with Gasteiger partial charge in [-0.3, -0.25) is 0 Å². The third-order valence-corrected chi connectivity index (χ3v) is 2.27. The van der Waals surface area contributed by atoms with Crippen molar-refractivity contribution in [3.63, 3.8) is 0 Å². The Bertz CT molecular complexity index is 273. The number of aliphatic hydroxyl groups excluding tert-OH is 1. The molecule has 0 saturated carbocycles. The van der Waals surface area contributed by atoms with Crippen molar-refractivity contribution in [1.29, 1.82) is 0 Å². The summed E-state index contributed by atoms with van der Waals surface area (Å²) in [6.45, 7) is 5.12. The highest BCUT2D eigenvalue weighted by molar-refractivity contribution is 5.33. The number of nitrogens with two attached hydrogens (primary N) is 1. The van der Waals surface area contributed by atoms with Gasteiger partial charge in [-0.1, -0.05) is 13.8 Å². The minimum Gasteiger partial charge on any atom is -0.400 e. The average Bonchev–Trinajstić information content (AvgIpc) is 2.88. The van der Waals surface area contributed by atoms with Gasteiger partial charge in [0.15, 0.2) is 0 Å². The molecule has 0 spiro atoms. The van der Waals surface area contributed by atoms with E-state index in [1.165, 1.54) is 18.4 Å². The normalized spacial score (nSPS) is 17.9. The van der Waals surface area contributed by atoms with Gasteiger partial charge >= 0.3 is 0 Å². The number of pyridine rings is 1. The van der Waals surface area contributed by atoms with Gasteiger partial charge in [0.1, 0.15) is 5.82 Å². The summed E-state index contributed by atoms with van der Waals surface area (Å²) < 4.78 is 0. The summed E-state index contributed by atoms with van der Waals surface area (Å²) >= 11 is 0. The largest absolute Gasteiger partial charge is 0.400 e. The first-order chi connectivity index (χ1) is 7.86. The zero-order valence-electron chi connectivity index (χ0n) is 10.4. The Morgan fingerprint density at radius 3 is 2.62 bits per heavy atom. The van der Waals surface area contributed by atoms with E-state index in [-0.39, 0.29) is 0 Å². The Morgan fingerprint density at radius 2 is 2.12 bits per heavy atom. The lowest BCUT2D eigenvalue weighted by Gasteiger charge is -2.09. The second-order valence-electron chi connectivity index (χ2n) is 3.16. The van der Waals surface area contributed by atoms with Gasteiger partial charge in [-0.05, 0) is 37.1 Å². The smallest absolute Gasteiger partial charge is 0.123 e. The van der Waals surface area contributed by atoms with Crippen molar-refractivity contribution in [3.05, 3.63) is 23.9 Å². The van der Waals surface area contributed by atoms with E-state index < -0.39 is 0 Å². The second kappa shape index (κ2) is 9.12. The zero-order valence-corrected chi connectivity index (χ0v) is 10.4. The van der Waals surface area contributed by atoms with Crippen LogP contribution in [0.5, 0.6) is 0 Å². The first-order valence-electron chi connectivity index (χ1n) is 5.76. The SMILES string of the molecule is CC.CO.Nc1cc(C2CCCN2)ccn1. The Balaban J connectivity index is 0.000000509. The van der Waals surface area contributed by atoms with E-state index in [2.05, 4.69) is 10.3 Å². The molecule has 4 heteroatoms. The molecule has 16 heavy (non-hydrogen) atoms. The van der Waals surface area contributed by atoms with Crippen LogP contribution in [0.4, 0.5) is 5.82 Å². The van der Waals surface area contributed by atoms with Crippen molar-refractivity contribution in [3.8, 4) is 0 Å². The molecule has 0 bridgehead atoms. The zero-order chi connectivity index (χ0) is 12.4. The summed E-state index contributed by atoms with van der Waals surface area (Å²) in [4.78, 5) is 3.96. The van der Waals surface area contributed by atoms with Crippen molar-refractivity contribution in [2.24, 2.45) is 0 Å². The molecule has 2 rings (SSSR count). The Hall–Kier alpha value is -1.13. The lowest BCUT2D eigenvalue weighted by atomic mass is 10.1. The highest BCUT2D eigenvalue weighted by atomic mass is 16.2. The number of rotatable bonds is 1. The van der Waals surface area contributed by atoms with Crippen LogP contribution in [0.1, 0.15) is 38.3 Å². The quantitative estimate of drug-likeness (QED) is 0.680. The molecular weight excluding hydrogens is 202 g/mol. The van der Waals surface area contributed by atoms with Gasteiger partial charge in [0.25, 0.3) is 0 Å². The maximum absolute atomic E-state index is 7.00. The molecule has 0 amide bonds. The summed E-state index contributed by atoms with van der Waals surface area (Å²) in [6.07, 6.45) is 4.24. The van der Waals surface area contributed by atoms with Gasteiger partial charge < -0.3 is 16.2 Å². The summed E-state index contributed by atoms with van der Waals surface area (Å²) in [6, 6.07) is 4.47. The third-order valence-electron chi connectivity index (χ3n) is 2.27. The molecule has 0 aromatic carbocycles. The number of hydrogen-bond acceptors (Lipinski definition) is 4. The number of anilines is 1. The van der Waals surface area contributed by atoms with Crippen molar-refractivity contribution < 1.29 is 5.11 Å². The molecule has 4 N–H and O–H groups in total. The predicted octanol–water partition coefficient (Wildman–Crippen LogP) is 1.72. The summed E-state index contributed by atoms with van der Waals surface area (Å²) in [5, 5.41) is 10.4. The van der Waals surface area contributed by atoms with Crippen LogP contribution in [0.25, 0.3) is 0 Å². The minimum absolute atomic E-state index is 0.496. The van der Waals surface area contributed by atoms with E-state index in [1.807, 2.05) is 26.0 Å². The number of aromatic nitrogens is 1. The number of aliphatic hydroxyl groups is 1. The van der Waals surface area contributed by atoms with E-state index in [1.54, 1.807) is 6.20 Å². The van der Waals surface area contributed by atoms with Crippen molar-refractivity contribution in [1.82, 2.24) is 10.3 Å². The highest BCUT2D eigenvalue weighted by Gasteiger charge is 2.15. The van der Waals surface area contributed by atoms with Gasteiger partial charge in [-0.2, -0.15) is 0 Å². The van der Waals surface area contributed by atoms with Gasteiger partial charge in [0.05, 0.1) is 0 Å². The molecule has 4 nitrogen and oxygen atoms in total. The molecule has 1 unspecified atom stereocenters. The van der Waals surface area contributed by atoms with Crippen LogP contribution in [0.3, 0.4) is 0 Å². The number of hydrogen-bond donors (Lipinski definition) is 3. The van der Waals surface area contributed by atoms with E-state index in [9.17, 15) is 0 Å². The van der Waals surface area contributed by atoms with Crippen LogP contribution >= 0.6 is 0 Å². The Morgan fingerprint density at radius 1 is 1.44 bits per heavy atom. The van der Waals surface area contributed by atoms with Gasteiger partial charge in [0, 0.05) is 19.3 Å². The monoisotopic (exact) mass is 225 g/mol. The van der Waals surface area contributed by atoms with Crippen LogP contribution in [-0.2, 0) is 0 Å². The van der Waals surface area contributed by atoms with E-state index >= 15 is 0 Å². The van der Waals surface area contributed by atoms with E-state index in [0.717, 1.165) is 13.7 Å². The molecule has 1 aromatic heterocycles. The van der Waals surface area contributed by atoms with Crippen molar-refractivity contribution in [2.45, 2.75) is 32.7 Å². The molecule has 92 valence electrons. The van der Waals surface area contributed by atoms with Gasteiger partial charge in [-0.25, -0.2) is 4.98 Å². The minimum atomic E-state index is 0.496. The van der Waals surface area contributed by atoms with Crippen LogP contribution in [0, 0.1) is 0 Å². The fourth-order valence-corrected chi connectivity index (χ4v) is 1.65. The van der Waals surface area contributed by atoms with Gasteiger partial charge in [-0.15, -0.1) is 0 Å². The molecule has 0 radical (unpaired) electrons.